The number of rotatable bonds is 8. The van der Waals surface area contributed by atoms with Gasteiger partial charge >= 0.3 is 39.9 Å². The Balaban J connectivity index is 0.000000762. The molecule has 2 aromatic rings. The van der Waals surface area contributed by atoms with Crippen LogP contribution in [-0.2, 0) is 19.5 Å². The molecule has 0 radical (unpaired) electrons. The average Bonchev–Trinajstić information content (AvgIpc) is 2.83. The van der Waals surface area contributed by atoms with Crippen molar-refractivity contribution in [3.8, 4) is 0 Å². The minimum atomic E-state index is -5.02. The molecule has 2 aromatic carbocycles. The van der Waals surface area contributed by atoms with Crippen LogP contribution < -0.4 is 19.6 Å². The van der Waals surface area contributed by atoms with Gasteiger partial charge in [-0.1, -0.05) is 58.5 Å². The predicted octanol–water partition coefficient (Wildman–Crippen LogP) is 7.89. The minimum absolute atomic E-state index is 0. The van der Waals surface area contributed by atoms with Crippen LogP contribution in [-0.4, -0.2) is 32.3 Å². The summed E-state index contributed by atoms with van der Waals surface area (Å²) in [6.07, 6.45) is -10.0. The summed E-state index contributed by atoms with van der Waals surface area (Å²) >= 11 is 18.5. The van der Waals surface area contributed by atoms with E-state index < -0.39 is 76.1 Å². The summed E-state index contributed by atoms with van der Waals surface area (Å²) in [5, 5.41) is 20.4. The van der Waals surface area contributed by atoms with Crippen molar-refractivity contribution in [2.24, 2.45) is 0 Å². The van der Waals surface area contributed by atoms with Crippen LogP contribution in [0.5, 0.6) is 0 Å². The van der Waals surface area contributed by atoms with Gasteiger partial charge in [-0.3, -0.25) is 9.59 Å². The van der Waals surface area contributed by atoms with E-state index in [-0.39, 0.29) is 30.6 Å². The van der Waals surface area contributed by atoms with Crippen LogP contribution in [0.2, 0.25) is 0 Å². The van der Waals surface area contributed by atoms with Gasteiger partial charge in [-0.15, -0.1) is 26.3 Å². The molecule has 0 aliphatic rings. The van der Waals surface area contributed by atoms with Gasteiger partial charge in [0.15, 0.2) is 0 Å². The third kappa shape index (κ3) is 14.2. The van der Waals surface area contributed by atoms with Gasteiger partial charge in [-0.2, -0.15) is 8.78 Å². The second-order valence-corrected chi connectivity index (χ2v) is 12.1. The van der Waals surface area contributed by atoms with Crippen LogP contribution in [0.3, 0.4) is 0 Å². The van der Waals surface area contributed by atoms with Gasteiger partial charge in [0.1, 0.15) is 0 Å². The van der Waals surface area contributed by atoms with Crippen molar-refractivity contribution < 1.29 is 64.2 Å². The van der Waals surface area contributed by atoms with Crippen molar-refractivity contribution in [2.45, 2.75) is 20.4 Å². The largest absolute Gasteiger partial charge is 2.00 e. The summed E-state index contributed by atoms with van der Waals surface area (Å²) in [5.74, 6) is -2.27. The Morgan fingerprint density at radius 2 is 0.951 bits per heavy atom. The van der Waals surface area contributed by atoms with Gasteiger partial charge < -0.3 is 21.4 Å². The van der Waals surface area contributed by atoms with Crippen LogP contribution in [0.1, 0.15) is 20.7 Å². The monoisotopic (exact) mass is 766 g/mol. The number of benzene rings is 2. The van der Waals surface area contributed by atoms with Gasteiger partial charge in [0.2, 0.25) is 11.8 Å². The number of hydroxylamine groups is 2. The Labute approximate surface area is 266 Å². The van der Waals surface area contributed by atoms with E-state index in [0.29, 0.717) is 0 Å². The maximum absolute atomic E-state index is 13.0. The van der Waals surface area contributed by atoms with E-state index in [9.17, 15) is 55.1 Å². The molecule has 224 valence electrons. The first kappa shape index (κ1) is 39.8. The van der Waals surface area contributed by atoms with Crippen molar-refractivity contribution in [3.63, 3.8) is 0 Å². The summed E-state index contributed by atoms with van der Waals surface area (Å²) in [6, 6.07) is 7.77. The first-order chi connectivity index (χ1) is 18.1. The van der Waals surface area contributed by atoms with E-state index in [1.807, 2.05) is 0 Å². The molecule has 2 rings (SSSR count). The number of carbonyl (C=O) groups excluding carboxylic acids is 2. The summed E-state index contributed by atoms with van der Waals surface area (Å²) in [7, 11) is 0. The average molecular weight is 770 g/mol. The Hall–Kier alpha value is -1.18. The molecule has 0 unspecified atom stereocenters. The third-order valence-corrected chi connectivity index (χ3v) is 6.16. The van der Waals surface area contributed by atoms with Gasteiger partial charge in [0, 0.05) is 35.0 Å². The number of anilines is 2. The minimum Gasteiger partial charge on any atom is -0.759 e. The molecule has 0 heterocycles. The molecule has 0 saturated heterocycles. The standard InChI is InChI=1S/2C9H5Cl2F4N2O2S.Zn/c2*10-8(11,12)20-17(9(13,14)15)6-3-1-2-5(4-6)7(18)16-19;/h2*1-4H,(H-,16,18,19);/q2*-1;+2. The second kappa shape index (κ2) is 16.1. The molecule has 8 nitrogen and oxygen atoms in total. The van der Waals surface area contributed by atoms with Gasteiger partial charge in [0.05, 0.1) is 11.4 Å². The molecule has 0 aliphatic heterocycles. The molecular weight excluding hydrogens is 760 g/mol. The zero-order chi connectivity index (χ0) is 31.1. The third-order valence-electron chi connectivity index (χ3n) is 3.72. The number of carbonyl (C=O) groups is 2. The zero-order valence-electron chi connectivity index (χ0n) is 19.2. The van der Waals surface area contributed by atoms with Crippen LogP contribution in [0.15, 0.2) is 48.5 Å². The molecule has 0 saturated carbocycles. The molecule has 41 heavy (non-hydrogen) atoms. The molecule has 0 spiro atoms. The van der Waals surface area contributed by atoms with E-state index in [1.165, 1.54) is 0 Å². The Bertz CT molecular complexity index is 1090. The summed E-state index contributed by atoms with van der Waals surface area (Å²) in [4.78, 5) is 22.1. The Morgan fingerprint density at radius 1 is 0.659 bits per heavy atom. The van der Waals surface area contributed by atoms with Gasteiger partial charge in [0.25, 0.3) is 0 Å². The first-order valence-electron chi connectivity index (χ1n) is 9.39. The molecule has 2 N–H and O–H groups in total. The topological polar surface area (TPSA) is 111 Å². The Kier molecular flexibility index (Phi) is 15.6. The molecule has 0 bridgehead atoms. The van der Waals surface area contributed by atoms with E-state index in [1.54, 1.807) is 0 Å². The number of nitrogens with one attached hydrogen (secondary N) is 2. The molecule has 0 fully saturated rings. The smallest absolute Gasteiger partial charge is 0.759 e. The second-order valence-electron chi connectivity index (χ2n) is 6.56. The quantitative estimate of drug-likeness (QED) is 0.0697. The molecular formula is C18H10Cl4F8N4O4S2Zn. The maximum atomic E-state index is 13.0. The van der Waals surface area contributed by atoms with Crippen LogP contribution in [0, 0.1) is 10.4 Å². The number of hydrogen-bond acceptors (Lipinski definition) is 8. The maximum Gasteiger partial charge on any atom is 2.00 e. The zero-order valence-corrected chi connectivity index (χ0v) is 26.8. The van der Waals surface area contributed by atoms with E-state index in [4.69, 9.17) is 46.4 Å². The van der Waals surface area contributed by atoms with Crippen molar-refractivity contribution in [1.29, 1.82) is 0 Å². The molecule has 0 aliphatic carbocycles. The SMILES string of the molecule is O=C(N[O-])c1cccc(N(SC(F)(Cl)Cl)C(F)(F)F)c1.O=C(N[O-])c1cccc(N(SC(F)(Cl)Cl)C(F)(F)F)c1.[Zn+2]. The summed E-state index contributed by atoms with van der Waals surface area (Å²) in [6.45, 7) is 0. The number of nitrogens with zero attached hydrogens (tertiary/aromatic N) is 2. The van der Waals surface area contributed by atoms with Crippen molar-refractivity contribution in [1.82, 2.24) is 11.0 Å². The first-order valence-corrected chi connectivity index (χ1v) is 12.5. The predicted molar refractivity (Wildman–Crippen MR) is 138 cm³/mol. The molecule has 23 heteroatoms. The molecule has 2 amide bonds. The van der Waals surface area contributed by atoms with E-state index in [2.05, 4.69) is 0 Å². The fraction of sp³-hybridized carbons (Fsp3) is 0.222. The van der Waals surface area contributed by atoms with Crippen LogP contribution in [0.25, 0.3) is 0 Å². The number of alkyl halides is 12. The summed E-state index contributed by atoms with van der Waals surface area (Å²) < 4.78 is 95.5. The van der Waals surface area contributed by atoms with Crippen molar-refractivity contribution in [2.75, 3.05) is 8.61 Å². The van der Waals surface area contributed by atoms with Crippen LogP contribution in [0.4, 0.5) is 46.5 Å². The molecule has 0 atom stereocenters. The number of hydrogen-bond donors (Lipinski definition) is 2. The summed E-state index contributed by atoms with van der Waals surface area (Å²) in [5.41, 5.74) is 0.123. The van der Waals surface area contributed by atoms with Crippen molar-refractivity contribution in [3.05, 3.63) is 70.1 Å². The Morgan fingerprint density at radius 3 is 1.17 bits per heavy atom. The fourth-order valence-corrected chi connectivity index (χ4v) is 4.26. The normalized spacial score (nSPS) is 11.9. The van der Waals surface area contributed by atoms with Gasteiger partial charge in [-0.05, 0) is 36.4 Å². The van der Waals surface area contributed by atoms with Crippen LogP contribution >= 0.6 is 70.3 Å². The van der Waals surface area contributed by atoms with Crippen molar-refractivity contribution >= 4 is 93.5 Å². The van der Waals surface area contributed by atoms with E-state index in [0.717, 1.165) is 59.5 Å². The van der Waals surface area contributed by atoms with Gasteiger partial charge in [-0.25, -0.2) is 8.61 Å². The number of halogens is 12. The fourth-order valence-electron chi connectivity index (χ4n) is 2.37. The van der Waals surface area contributed by atoms with E-state index >= 15 is 0 Å². The number of amides is 2. The molecule has 0 aromatic heterocycles.